The van der Waals surface area contributed by atoms with Crippen LogP contribution in [-0.4, -0.2) is 39.5 Å². The van der Waals surface area contributed by atoms with Gasteiger partial charge in [-0.25, -0.2) is 0 Å². The Morgan fingerprint density at radius 1 is 1.39 bits per heavy atom. The summed E-state index contributed by atoms with van der Waals surface area (Å²) in [4.78, 5) is 2.19. The summed E-state index contributed by atoms with van der Waals surface area (Å²) in [6, 6.07) is 8.05. The first-order chi connectivity index (χ1) is 8.63. The van der Waals surface area contributed by atoms with Crippen LogP contribution in [0.25, 0.3) is 0 Å². The molecule has 0 radical (unpaired) electrons. The van der Waals surface area contributed by atoms with Crippen molar-refractivity contribution in [3.05, 3.63) is 24.3 Å². The van der Waals surface area contributed by atoms with Gasteiger partial charge in [-0.15, -0.1) is 0 Å². The maximum Gasteiger partial charge on any atom is 0.120 e. The van der Waals surface area contributed by atoms with Crippen LogP contribution in [0, 0.1) is 0 Å². The van der Waals surface area contributed by atoms with Crippen molar-refractivity contribution in [1.82, 2.24) is 0 Å². The fourth-order valence-corrected chi connectivity index (χ4v) is 2.35. The minimum absolute atomic E-state index is 0.143. The number of anilines is 1. The van der Waals surface area contributed by atoms with E-state index in [-0.39, 0.29) is 5.54 Å². The SMILES string of the molecule is COc1cccc(N(C)CC2(N)CCOCC2)c1. The number of methoxy groups -OCH3 is 1. The van der Waals surface area contributed by atoms with Gasteiger partial charge < -0.3 is 20.1 Å². The maximum atomic E-state index is 6.41. The van der Waals surface area contributed by atoms with Gasteiger partial charge in [-0.05, 0) is 25.0 Å². The summed E-state index contributed by atoms with van der Waals surface area (Å²) in [6.07, 6.45) is 1.84. The van der Waals surface area contributed by atoms with E-state index in [0.717, 1.165) is 44.0 Å². The molecule has 1 fully saturated rings. The summed E-state index contributed by atoms with van der Waals surface area (Å²) in [6.45, 7) is 2.37. The number of likely N-dealkylation sites (N-methyl/N-ethyl adjacent to an activating group) is 1. The summed E-state index contributed by atoms with van der Waals surface area (Å²) >= 11 is 0. The molecule has 1 aliphatic rings. The zero-order valence-corrected chi connectivity index (χ0v) is 11.2. The van der Waals surface area contributed by atoms with Gasteiger partial charge in [-0.2, -0.15) is 0 Å². The number of hydrogen-bond acceptors (Lipinski definition) is 4. The topological polar surface area (TPSA) is 47.7 Å². The highest BCUT2D eigenvalue weighted by molar-refractivity contribution is 5.50. The molecule has 1 aliphatic heterocycles. The summed E-state index contributed by atoms with van der Waals surface area (Å²) in [5.74, 6) is 0.873. The quantitative estimate of drug-likeness (QED) is 0.882. The Labute approximate surface area is 109 Å². The predicted octanol–water partition coefficient (Wildman–Crippen LogP) is 1.64. The van der Waals surface area contributed by atoms with Crippen LogP contribution in [0.5, 0.6) is 5.75 Å². The molecule has 0 unspecified atom stereocenters. The largest absolute Gasteiger partial charge is 0.497 e. The monoisotopic (exact) mass is 250 g/mol. The molecule has 1 heterocycles. The van der Waals surface area contributed by atoms with Crippen molar-refractivity contribution < 1.29 is 9.47 Å². The van der Waals surface area contributed by atoms with Gasteiger partial charge >= 0.3 is 0 Å². The van der Waals surface area contributed by atoms with Gasteiger partial charge in [0.05, 0.1) is 7.11 Å². The van der Waals surface area contributed by atoms with Crippen LogP contribution in [0.1, 0.15) is 12.8 Å². The highest BCUT2D eigenvalue weighted by Gasteiger charge is 2.29. The van der Waals surface area contributed by atoms with E-state index in [4.69, 9.17) is 15.2 Å². The van der Waals surface area contributed by atoms with E-state index in [1.54, 1.807) is 7.11 Å². The molecule has 0 bridgehead atoms. The van der Waals surface area contributed by atoms with E-state index in [1.165, 1.54) is 0 Å². The molecule has 2 rings (SSSR count). The van der Waals surface area contributed by atoms with Gasteiger partial charge in [0.15, 0.2) is 0 Å². The van der Waals surface area contributed by atoms with Crippen molar-refractivity contribution in [3.63, 3.8) is 0 Å². The maximum absolute atomic E-state index is 6.41. The Balaban J connectivity index is 2.03. The Hall–Kier alpha value is -1.26. The number of benzene rings is 1. The number of ether oxygens (including phenoxy) is 2. The number of nitrogens with zero attached hydrogens (tertiary/aromatic N) is 1. The van der Waals surface area contributed by atoms with Crippen LogP contribution in [-0.2, 0) is 4.74 Å². The molecule has 0 atom stereocenters. The summed E-state index contributed by atoms with van der Waals surface area (Å²) in [5.41, 5.74) is 7.40. The second-order valence-corrected chi connectivity index (χ2v) is 5.03. The molecule has 2 N–H and O–H groups in total. The van der Waals surface area contributed by atoms with Crippen LogP contribution in [0.4, 0.5) is 5.69 Å². The highest BCUT2D eigenvalue weighted by Crippen LogP contribution is 2.24. The van der Waals surface area contributed by atoms with E-state index < -0.39 is 0 Å². The summed E-state index contributed by atoms with van der Waals surface area (Å²) in [5, 5.41) is 0. The molecule has 18 heavy (non-hydrogen) atoms. The molecular weight excluding hydrogens is 228 g/mol. The minimum atomic E-state index is -0.143. The smallest absolute Gasteiger partial charge is 0.120 e. The van der Waals surface area contributed by atoms with Crippen LogP contribution in [0.15, 0.2) is 24.3 Å². The Kier molecular flexibility index (Phi) is 4.09. The van der Waals surface area contributed by atoms with Crippen LogP contribution >= 0.6 is 0 Å². The first-order valence-corrected chi connectivity index (χ1v) is 6.35. The fraction of sp³-hybridized carbons (Fsp3) is 0.571. The Morgan fingerprint density at radius 3 is 2.78 bits per heavy atom. The van der Waals surface area contributed by atoms with Crippen molar-refractivity contribution in [2.75, 3.05) is 38.8 Å². The highest BCUT2D eigenvalue weighted by atomic mass is 16.5. The third-order valence-corrected chi connectivity index (χ3v) is 3.53. The normalized spacial score (nSPS) is 18.4. The molecule has 4 nitrogen and oxygen atoms in total. The number of nitrogens with two attached hydrogens (primary N) is 1. The Morgan fingerprint density at radius 2 is 2.11 bits per heavy atom. The molecule has 0 amide bonds. The summed E-state index contributed by atoms with van der Waals surface area (Å²) < 4.78 is 10.6. The van der Waals surface area contributed by atoms with Crippen molar-refractivity contribution in [2.45, 2.75) is 18.4 Å². The number of hydrogen-bond donors (Lipinski definition) is 1. The molecule has 1 aromatic carbocycles. The van der Waals surface area contributed by atoms with Gasteiger partial charge in [-0.3, -0.25) is 0 Å². The van der Waals surface area contributed by atoms with Gasteiger partial charge in [-0.1, -0.05) is 6.07 Å². The van der Waals surface area contributed by atoms with Crippen LogP contribution < -0.4 is 15.4 Å². The van der Waals surface area contributed by atoms with Gasteiger partial charge in [0.25, 0.3) is 0 Å². The molecule has 100 valence electrons. The first kappa shape index (κ1) is 13.2. The second-order valence-electron chi connectivity index (χ2n) is 5.03. The van der Waals surface area contributed by atoms with Crippen molar-refractivity contribution in [1.29, 1.82) is 0 Å². The van der Waals surface area contributed by atoms with E-state index in [2.05, 4.69) is 18.0 Å². The van der Waals surface area contributed by atoms with E-state index in [9.17, 15) is 0 Å². The third kappa shape index (κ3) is 3.15. The fourth-order valence-electron chi connectivity index (χ4n) is 2.35. The molecule has 1 aromatic rings. The molecule has 0 saturated carbocycles. The first-order valence-electron chi connectivity index (χ1n) is 6.35. The van der Waals surface area contributed by atoms with E-state index >= 15 is 0 Å². The third-order valence-electron chi connectivity index (χ3n) is 3.53. The predicted molar refractivity (Wildman–Crippen MR) is 73.2 cm³/mol. The van der Waals surface area contributed by atoms with Crippen LogP contribution in [0.3, 0.4) is 0 Å². The molecule has 4 heteroatoms. The molecular formula is C14H22N2O2. The molecule has 0 aliphatic carbocycles. The van der Waals surface area contributed by atoms with Gasteiger partial charge in [0.2, 0.25) is 0 Å². The van der Waals surface area contributed by atoms with Gasteiger partial charge in [0.1, 0.15) is 5.75 Å². The standard InChI is InChI=1S/C14H22N2O2/c1-16(11-14(15)6-8-18-9-7-14)12-4-3-5-13(10-12)17-2/h3-5,10H,6-9,11,15H2,1-2H3. The van der Waals surface area contributed by atoms with Crippen molar-refractivity contribution in [3.8, 4) is 5.75 Å². The molecule has 0 aromatic heterocycles. The lowest BCUT2D eigenvalue weighted by molar-refractivity contribution is 0.0558. The zero-order chi connectivity index (χ0) is 13.0. The lowest BCUT2D eigenvalue weighted by atomic mass is 9.90. The lowest BCUT2D eigenvalue weighted by Gasteiger charge is -2.37. The van der Waals surface area contributed by atoms with E-state index in [0.29, 0.717) is 0 Å². The average molecular weight is 250 g/mol. The van der Waals surface area contributed by atoms with Crippen molar-refractivity contribution in [2.24, 2.45) is 5.73 Å². The van der Waals surface area contributed by atoms with Crippen molar-refractivity contribution >= 4 is 5.69 Å². The minimum Gasteiger partial charge on any atom is -0.497 e. The molecule has 1 saturated heterocycles. The van der Waals surface area contributed by atoms with E-state index in [1.807, 2.05) is 18.2 Å². The van der Waals surface area contributed by atoms with Gasteiger partial charge in [0, 0.05) is 44.1 Å². The lowest BCUT2D eigenvalue weighted by Crippen LogP contribution is -2.52. The zero-order valence-electron chi connectivity index (χ0n) is 11.2. The second kappa shape index (κ2) is 5.59. The summed E-state index contributed by atoms with van der Waals surface area (Å²) in [7, 11) is 3.75. The average Bonchev–Trinajstić information content (AvgIpc) is 2.39. The number of rotatable bonds is 4. The van der Waals surface area contributed by atoms with Crippen LogP contribution in [0.2, 0.25) is 0 Å². The molecule has 0 spiro atoms. The Bertz CT molecular complexity index is 389.